The number of nitrogens with zero attached hydrogens (tertiary/aromatic N) is 1. The van der Waals surface area contributed by atoms with E-state index in [1.807, 2.05) is 17.9 Å². The first-order chi connectivity index (χ1) is 8.69. The van der Waals surface area contributed by atoms with Crippen molar-refractivity contribution in [3.8, 4) is 5.75 Å². The van der Waals surface area contributed by atoms with Gasteiger partial charge in [-0.1, -0.05) is 13.0 Å². The maximum atomic E-state index is 11.7. The number of amides is 2. The van der Waals surface area contributed by atoms with Crippen molar-refractivity contribution in [3.63, 3.8) is 0 Å². The molecule has 0 saturated carbocycles. The van der Waals surface area contributed by atoms with E-state index in [0.29, 0.717) is 6.54 Å². The lowest BCUT2D eigenvalue weighted by molar-refractivity contribution is 0.219. The Hall–Kier alpha value is -1.71. The molecule has 98 valence electrons. The van der Waals surface area contributed by atoms with E-state index in [4.69, 9.17) is 4.74 Å². The van der Waals surface area contributed by atoms with Crippen LogP contribution < -0.4 is 10.1 Å². The number of benzene rings is 1. The van der Waals surface area contributed by atoms with Gasteiger partial charge in [-0.15, -0.1) is 0 Å². The summed E-state index contributed by atoms with van der Waals surface area (Å²) < 4.78 is 5.39. The number of methoxy groups -OCH3 is 1. The standard InChI is InChI=1S/C14H20N2O2/c1-4-10-6-7-13(18-3)11(8-10)12-9-16(5-2)14(17)15-12/h6-8,12H,4-5,9H2,1-3H3,(H,15,17). The highest BCUT2D eigenvalue weighted by Gasteiger charge is 2.30. The third kappa shape index (κ3) is 2.28. The summed E-state index contributed by atoms with van der Waals surface area (Å²) in [4.78, 5) is 13.5. The molecule has 4 nitrogen and oxygen atoms in total. The zero-order chi connectivity index (χ0) is 13.1. The summed E-state index contributed by atoms with van der Waals surface area (Å²) in [7, 11) is 1.67. The second-order valence-corrected chi connectivity index (χ2v) is 4.47. The smallest absolute Gasteiger partial charge is 0.318 e. The van der Waals surface area contributed by atoms with Crippen molar-refractivity contribution >= 4 is 6.03 Å². The van der Waals surface area contributed by atoms with Crippen LogP contribution in [0.4, 0.5) is 4.79 Å². The molecule has 2 amide bonds. The van der Waals surface area contributed by atoms with Crippen LogP contribution in [0.1, 0.15) is 31.0 Å². The lowest BCUT2D eigenvalue weighted by Gasteiger charge is -2.16. The summed E-state index contributed by atoms with van der Waals surface area (Å²) in [6.07, 6.45) is 0.981. The van der Waals surface area contributed by atoms with E-state index >= 15 is 0 Å². The van der Waals surface area contributed by atoms with Crippen LogP contribution in [0.5, 0.6) is 5.75 Å². The first kappa shape index (κ1) is 12.7. The Morgan fingerprint density at radius 1 is 1.44 bits per heavy atom. The van der Waals surface area contributed by atoms with Gasteiger partial charge in [-0.25, -0.2) is 4.79 Å². The fourth-order valence-corrected chi connectivity index (χ4v) is 2.31. The SMILES string of the molecule is CCc1ccc(OC)c(C2CN(CC)C(=O)N2)c1. The molecule has 1 saturated heterocycles. The summed E-state index contributed by atoms with van der Waals surface area (Å²) in [5.41, 5.74) is 2.33. The van der Waals surface area contributed by atoms with E-state index in [1.165, 1.54) is 5.56 Å². The normalized spacial score (nSPS) is 18.9. The monoisotopic (exact) mass is 248 g/mol. The molecule has 0 bridgehead atoms. The highest BCUT2D eigenvalue weighted by Crippen LogP contribution is 2.29. The van der Waals surface area contributed by atoms with Crippen LogP contribution in [-0.4, -0.2) is 31.1 Å². The maximum Gasteiger partial charge on any atom is 0.318 e. The predicted molar refractivity (Wildman–Crippen MR) is 70.9 cm³/mol. The molecule has 1 aliphatic heterocycles. The molecule has 1 atom stereocenters. The summed E-state index contributed by atoms with van der Waals surface area (Å²) in [5, 5.41) is 3.00. The number of likely N-dealkylation sites (N-methyl/N-ethyl adjacent to an activating group) is 1. The molecule has 4 heteroatoms. The molecule has 0 radical (unpaired) electrons. The summed E-state index contributed by atoms with van der Waals surface area (Å²) in [6, 6.07) is 6.21. The van der Waals surface area contributed by atoms with E-state index < -0.39 is 0 Å². The molecule has 2 rings (SSSR count). The number of nitrogens with one attached hydrogen (secondary N) is 1. The van der Waals surface area contributed by atoms with Crippen molar-refractivity contribution in [2.45, 2.75) is 26.3 Å². The molecule has 1 aromatic rings. The highest BCUT2D eigenvalue weighted by atomic mass is 16.5. The van der Waals surface area contributed by atoms with Crippen molar-refractivity contribution in [1.29, 1.82) is 0 Å². The quantitative estimate of drug-likeness (QED) is 0.888. The number of carbonyl (C=O) groups is 1. The summed E-state index contributed by atoms with van der Waals surface area (Å²) in [6.45, 7) is 5.55. The van der Waals surface area contributed by atoms with Crippen LogP contribution in [0.25, 0.3) is 0 Å². The number of aryl methyl sites for hydroxylation is 1. The number of carbonyl (C=O) groups excluding carboxylic acids is 1. The average Bonchev–Trinajstić information content (AvgIpc) is 2.79. The fourth-order valence-electron chi connectivity index (χ4n) is 2.31. The minimum Gasteiger partial charge on any atom is -0.496 e. The molecule has 1 N–H and O–H groups in total. The van der Waals surface area contributed by atoms with Crippen molar-refractivity contribution in [2.75, 3.05) is 20.2 Å². The Morgan fingerprint density at radius 2 is 2.22 bits per heavy atom. The van der Waals surface area contributed by atoms with Gasteiger partial charge in [-0.3, -0.25) is 0 Å². The van der Waals surface area contributed by atoms with Gasteiger partial charge in [0.25, 0.3) is 0 Å². The molecule has 0 aromatic heterocycles. The second-order valence-electron chi connectivity index (χ2n) is 4.47. The van der Waals surface area contributed by atoms with Crippen molar-refractivity contribution in [3.05, 3.63) is 29.3 Å². The van der Waals surface area contributed by atoms with Crippen molar-refractivity contribution < 1.29 is 9.53 Å². The Kier molecular flexibility index (Phi) is 3.75. The Morgan fingerprint density at radius 3 is 2.78 bits per heavy atom. The predicted octanol–water partition coefficient (Wildman–Crippen LogP) is 2.34. The number of rotatable bonds is 4. The van der Waals surface area contributed by atoms with Gasteiger partial charge in [0.1, 0.15) is 5.75 Å². The van der Waals surface area contributed by atoms with Gasteiger partial charge < -0.3 is 15.0 Å². The van der Waals surface area contributed by atoms with Crippen LogP contribution in [-0.2, 0) is 6.42 Å². The minimum atomic E-state index is 0.00598. The van der Waals surface area contributed by atoms with E-state index in [9.17, 15) is 4.79 Å². The molecule has 1 fully saturated rings. The average molecular weight is 248 g/mol. The highest BCUT2D eigenvalue weighted by molar-refractivity contribution is 5.77. The Balaban J connectivity index is 2.29. The molecule has 0 spiro atoms. The van der Waals surface area contributed by atoms with Crippen LogP contribution >= 0.6 is 0 Å². The number of ether oxygens (including phenoxy) is 1. The van der Waals surface area contributed by atoms with Crippen molar-refractivity contribution in [2.24, 2.45) is 0 Å². The molecule has 0 aliphatic carbocycles. The van der Waals surface area contributed by atoms with E-state index in [-0.39, 0.29) is 12.1 Å². The van der Waals surface area contributed by atoms with Crippen molar-refractivity contribution in [1.82, 2.24) is 10.2 Å². The first-order valence-electron chi connectivity index (χ1n) is 6.41. The van der Waals surface area contributed by atoms with Gasteiger partial charge in [0.2, 0.25) is 0 Å². The third-order valence-corrected chi connectivity index (χ3v) is 3.45. The van der Waals surface area contributed by atoms with E-state index in [1.54, 1.807) is 7.11 Å². The van der Waals surface area contributed by atoms with Gasteiger partial charge in [0.05, 0.1) is 13.2 Å². The Labute approximate surface area is 108 Å². The van der Waals surface area contributed by atoms with Gasteiger partial charge in [-0.2, -0.15) is 0 Å². The number of hydrogen-bond donors (Lipinski definition) is 1. The summed E-state index contributed by atoms with van der Waals surface area (Å²) >= 11 is 0. The minimum absolute atomic E-state index is 0.00598. The molecule has 1 aliphatic rings. The molecule has 18 heavy (non-hydrogen) atoms. The fraction of sp³-hybridized carbons (Fsp3) is 0.500. The lowest BCUT2D eigenvalue weighted by Crippen LogP contribution is -2.27. The molecule has 1 aromatic carbocycles. The molecule has 1 unspecified atom stereocenters. The summed E-state index contributed by atoms with van der Waals surface area (Å²) in [5.74, 6) is 0.843. The van der Waals surface area contributed by atoms with Crippen LogP contribution in [0.2, 0.25) is 0 Å². The van der Waals surface area contributed by atoms with E-state index in [2.05, 4.69) is 24.4 Å². The topological polar surface area (TPSA) is 41.6 Å². The maximum absolute atomic E-state index is 11.7. The van der Waals surface area contributed by atoms with E-state index in [0.717, 1.165) is 24.3 Å². The molecular weight excluding hydrogens is 228 g/mol. The third-order valence-electron chi connectivity index (χ3n) is 3.45. The van der Waals surface area contributed by atoms with Gasteiger partial charge in [0, 0.05) is 18.7 Å². The first-order valence-corrected chi connectivity index (χ1v) is 6.41. The lowest BCUT2D eigenvalue weighted by atomic mass is 10.0. The Bertz CT molecular complexity index is 445. The van der Waals surface area contributed by atoms with Gasteiger partial charge in [0.15, 0.2) is 0 Å². The molecule has 1 heterocycles. The van der Waals surface area contributed by atoms with Crippen LogP contribution in [0.3, 0.4) is 0 Å². The molecular formula is C14H20N2O2. The second kappa shape index (κ2) is 5.29. The number of hydrogen-bond acceptors (Lipinski definition) is 2. The van der Waals surface area contributed by atoms with Crippen LogP contribution in [0.15, 0.2) is 18.2 Å². The number of urea groups is 1. The zero-order valence-corrected chi connectivity index (χ0v) is 11.2. The van der Waals surface area contributed by atoms with Crippen LogP contribution in [0, 0.1) is 0 Å². The largest absolute Gasteiger partial charge is 0.496 e. The zero-order valence-electron chi connectivity index (χ0n) is 11.2. The van der Waals surface area contributed by atoms with Gasteiger partial charge in [-0.05, 0) is 31.0 Å². The van der Waals surface area contributed by atoms with Gasteiger partial charge >= 0.3 is 6.03 Å².